The van der Waals surface area contributed by atoms with Gasteiger partial charge in [0, 0.05) is 24.1 Å². The lowest BCUT2D eigenvalue weighted by atomic mass is 10.1. The molecule has 4 heterocycles. The standard InChI is InChI=1S/C23H21F2N7O2/c1-11-12(2)27-20-19(26-11)18(15-6-5-14(24)9-16(15)25)28-23(29-20)32-7-8-33-17(10-32)22-31-30-21(34-22)13-3-4-13/h5-6,9,13,17H,3-4,7-8,10H2,1-2H3/t17-/m1/s1. The molecule has 0 amide bonds. The van der Waals surface area contributed by atoms with E-state index in [1.165, 1.54) is 12.1 Å². The van der Waals surface area contributed by atoms with E-state index in [0.717, 1.165) is 18.9 Å². The van der Waals surface area contributed by atoms with Gasteiger partial charge >= 0.3 is 0 Å². The van der Waals surface area contributed by atoms with Gasteiger partial charge in [-0.1, -0.05) is 0 Å². The van der Waals surface area contributed by atoms with Crippen LogP contribution in [0.2, 0.25) is 0 Å². The fourth-order valence-electron chi connectivity index (χ4n) is 3.96. The van der Waals surface area contributed by atoms with E-state index in [2.05, 4.69) is 30.1 Å². The lowest BCUT2D eigenvalue weighted by Gasteiger charge is -2.31. The fourth-order valence-corrected chi connectivity index (χ4v) is 3.96. The molecule has 9 nitrogen and oxygen atoms in total. The molecule has 174 valence electrons. The summed E-state index contributed by atoms with van der Waals surface area (Å²) in [5.74, 6) is 0.363. The van der Waals surface area contributed by atoms with Crippen LogP contribution in [0.5, 0.6) is 0 Å². The monoisotopic (exact) mass is 465 g/mol. The molecule has 2 fully saturated rings. The lowest BCUT2D eigenvalue weighted by molar-refractivity contribution is 0.0210. The molecule has 0 radical (unpaired) electrons. The first-order chi connectivity index (χ1) is 16.5. The van der Waals surface area contributed by atoms with Crippen molar-refractivity contribution >= 4 is 17.1 Å². The Morgan fingerprint density at radius 3 is 2.56 bits per heavy atom. The van der Waals surface area contributed by atoms with Crippen molar-refractivity contribution in [3.63, 3.8) is 0 Å². The van der Waals surface area contributed by atoms with Gasteiger partial charge in [0.15, 0.2) is 11.8 Å². The highest BCUT2D eigenvalue weighted by Crippen LogP contribution is 2.40. The van der Waals surface area contributed by atoms with Gasteiger partial charge in [-0.3, -0.25) is 0 Å². The first kappa shape index (κ1) is 21.0. The molecule has 4 aromatic rings. The van der Waals surface area contributed by atoms with E-state index in [9.17, 15) is 8.78 Å². The molecule has 34 heavy (non-hydrogen) atoms. The zero-order valence-electron chi connectivity index (χ0n) is 18.6. The van der Waals surface area contributed by atoms with Crippen molar-refractivity contribution in [1.82, 2.24) is 30.1 Å². The SMILES string of the molecule is Cc1nc2nc(N3CCO[C@@H](c4nnc(C5CC5)o4)C3)nc(-c3ccc(F)cc3F)c2nc1C. The van der Waals surface area contributed by atoms with Crippen LogP contribution < -0.4 is 4.90 Å². The zero-order chi connectivity index (χ0) is 23.4. The average molecular weight is 465 g/mol. The molecule has 1 aliphatic heterocycles. The summed E-state index contributed by atoms with van der Waals surface area (Å²) in [5, 5.41) is 8.31. The maximum atomic E-state index is 14.8. The zero-order valence-corrected chi connectivity index (χ0v) is 18.6. The van der Waals surface area contributed by atoms with Crippen molar-refractivity contribution in [3.8, 4) is 11.3 Å². The molecule has 1 aliphatic carbocycles. The highest BCUT2D eigenvalue weighted by Gasteiger charge is 2.33. The van der Waals surface area contributed by atoms with Gasteiger partial charge in [-0.05, 0) is 38.8 Å². The van der Waals surface area contributed by atoms with Crippen LogP contribution in [0.3, 0.4) is 0 Å². The van der Waals surface area contributed by atoms with Gasteiger partial charge in [0.05, 0.1) is 24.5 Å². The Morgan fingerprint density at radius 2 is 1.76 bits per heavy atom. The minimum atomic E-state index is -0.732. The minimum absolute atomic E-state index is 0.128. The third kappa shape index (κ3) is 3.75. The number of nitrogens with zero attached hydrogens (tertiary/aromatic N) is 7. The highest BCUT2D eigenvalue weighted by atomic mass is 19.1. The largest absolute Gasteiger partial charge is 0.422 e. The fraction of sp³-hybridized carbons (Fsp3) is 0.391. The van der Waals surface area contributed by atoms with E-state index >= 15 is 0 Å². The summed E-state index contributed by atoms with van der Waals surface area (Å²) in [5.41, 5.74) is 2.47. The van der Waals surface area contributed by atoms with E-state index < -0.39 is 17.7 Å². The molecular formula is C23H21F2N7O2. The Bertz CT molecular complexity index is 1410. The summed E-state index contributed by atoms with van der Waals surface area (Å²) in [6.45, 7) is 4.93. The normalized spacial score (nSPS) is 18.6. The Hall–Kier alpha value is -3.60. The van der Waals surface area contributed by atoms with Gasteiger partial charge < -0.3 is 14.1 Å². The number of benzene rings is 1. The molecule has 0 N–H and O–H groups in total. The van der Waals surface area contributed by atoms with Crippen molar-refractivity contribution < 1.29 is 17.9 Å². The number of fused-ring (bicyclic) bond motifs is 1. The molecule has 1 saturated heterocycles. The predicted molar refractivity (Wildman–Crippen MR) is 117 cm³/mol. The molecule has 0 spiro atoms. The molecule has 6 rings (SSSR count). The third-order valence-corrected chi connectivity index (χ3v) is 6.12. The number of rotatable bonds is 4. The van der Waals surface area contributed by atoms with E-state index in [1.807, 2.05) is 18.7 Å². The topological polar surface area (TPSA) is 103 Å². The van der Waals surface area contributed by atoms with Crippen LogP contribution in [-0.4, -0.2) is 49.8 Å². The van der Waals surface area contributed by atoms with Crippen molar-refractivity contribution in [1.29, 1.82) is 0 Å². The van der Waals surface area contributed by atoms with Gasteiger partial charge in [0.25, 0.3) is 0 Å². The number of halogens is 2. The number of ether oxygens (including phenoxy) is 1. The Kier molecular flexibility index (Phi) is 4.94. The molecule has 1 saturated carbocycles. The van der Waals surface area contributed by atoms with Crippen molar-refractivity contribution in [2.45, 2.75) is 38.7 Å². The quantitative estimate of drug-likeness (QED) is 0.445. The maximum absolute atomic E-state index is 14.8. The van der Waals surface area contributed by atoms with Crippen LogP contribution in [0, 0.1) is 25.5 Å². The van der Waals surface area contributed by atoms with Crippen LogP contribution in [0.4, 0.5) is 14.7 Å². The molecule has 1 atom stereocenters. The molecule has 2 aliphatic rings. The van der Waals surface area contributed by atoms with Gasteiger partial charge in [-0.15, -0.1) is 10.2 Å². The number of hydrogen-bond acceptors (Lipinski definition) is 9. The molecule has 3 aromatic heterocycles. The second kappa shape index (κ2) is 8.01. The molecule has 11 heteroatoms. The average Bonchev–Trinajstić information content (AvgIpc) is 3.56. The first-order valence-corrected chi connectivity index (χ1v) is 11.1. The number of morpholine rings is 1. The number of aryl methyl sites for hydroxylation is 2. The van der Waals surface area contributed by atoms with Crippen LogP contribution in [0.25, 0.3) is 22.4 Å². The number of aromatic nitrogens is 6. The summed E-state index contributed by atoms with van der Waals surface area (Å²) in [6.07, 6.45) is 1.68. The van der Waals surface area contributed by atoms with Crippen molar-refractivity contribution in [2.75, 3.05) is 24.6 Å². The van der Waals surface area contributed by atoms with Gasteiger partial charge in [-0.2, -0.15) is 4.98 Å². The lowest BCUT2D eigenvalue weighted by Crippen LogP contribution is -2.39. The number of anilines is 1. The summed E-state index contributed by atoms with van der Waals surface area (Å²) < 4.78 is 40.0. The van der Waals surface area contributed by atoms with Crippen LogP contribution in [0.15, 0.2) is 22.6 Å². The second-order valence-electron chi connectivity index (χ2n) is 8.62. The van der Waals surface area contributed by atoms with Gasteiger partial charge in [0.1, 0.15) is 22.8 Å². The molecule has 1 aromatic carbocycles. The van der Waals surface area contributed by atoms with Crippen LogP contribution in [-0.2, 0) is 4.74 Å². The minimum Gasteiger partial charge on any atom is -0.422 e. The second-order valence-corrected chi connectivity index (χ2v) is 8.62. The Labute approximate surface area is 193 Å². The molecule has 0 unspecified atom stereocenters. The van der Waals surface area contributed by atoms with E-state index in [-0.39, 0.29) is 11.3 Å². The van der Waals surface area contributed by atoms with Crippen LogP contribution >= 0.6 is 0 Å². The van der Waals surface area contributed by atoms with E-state index in [1.54, 1.807) is 0 Å². The first-order valence-electron chi connectivity index (χ1n) is 11.1. The maximum Gasteiger partial charge on any atom is 0.247 e. The summed E-state index contributed by atoms with van der Waals surface area (Å²) in [7, 11) is 0. The Morgan fingerprint density at radius 1 is 0.971 bits per heavy atom. The summed E-state index contributed by atoms with van der Waals surface area (Å²) in [6, 6.07) is 3.38. The molecular weight excluding hydrogens is 444 g/mol. The van der Waals surface area contributed by atoms with Gasteiger partial charge in [-0.25, -0.2) is 23.7 Å². The summed E-state index contributed by atoms with van der Waals surface area (Å²) >= 11 is 0. The van der Waals surface area contributed by atoms with Crippen LogP contribution in [0.1, 0.15) is 48.0 Å². The van der Waals surface area contributed by atoms with Crippen molar-refractivity contribution in [3.05, 3.63) is 53.0 Å². The Balaban J connectivity index is 1.41. The third-order valence-electron chi connectivity index (χ3n) is 6.12. The van der Waals surface area contributed by atoms with E-state index in [0.29, 0.717) is 65.9 Å². The van der Waals surface area contributed by atoms with E-state index in [4.69, 9.17) is 9.15 Å². The number of hydrogen-bond donors (Lipinski definition) is 0. The smallest absolute Gasteiger partial charge is 0.247 e. The molecule has 0 bridgehead atoms. The van der Waals surface area contributed by atoms with Crippen molar-refractivity contribution in [2.24, 2.45) is 0 Å². The predicted octanol–water partition coefficient (Wildman–Crippen LogP) is 3.82. The highest BCUT2D eigenvalue weighted by molar-refractivity contribution is 5.88. The summed E-state index contributed by atoms with van der Waals surface area (Å²) in [4.78, 5) is 20.3. The van der Waals surface area contributed by atoms with Gasteiger partial charge in [0.2, 0.25) is 17.7 Å².